The van der Waals surface area contributed by atoms with E-state index in [2.05, 4.69) is 33.0 Å². The molecule has 98 valence electrons. The van der Waals surface area contributed by atoms with E-state index in [9.17, 15) is 0 Å². The van der Waals surface area contributed by atoms with Crippen LogP contribution < -0.4 is 5.32 Å². The minimum absolute atomic E-state index is 0.498. The zero-order valence-electron chi connectivity index (χ0n) is 11.5. The molecule has 1 aromatic heterocycles. The van der Waals surface area contributed by atoms with Crippen molar-refractivity contribution < 1.29 is 4.74 Å². The van der Waals surface area contributed by atoms with Gasteiger partial charge < -0.3 is 10.1 Å². The highest BCUT2D eigenvalue weighted by Gasteiger charge is 2.15. The van der Waals surface area contributed by atoms with E-state index < -0.39 is 0 Å². The number of hydrogen-bond acceptors (Lipinski definition) is 4. The Kier molecular flexibility index (Phi) is 6.09. The average Bonchev–Trinajstić information content (AvgIpc) is 2.68. The number of aromatic nitrogens is 1. The van der Waals surface area contributed by atoms with Crippen molar-refractivity contribution >= 4 is 11.3 Å². The van der Waals surface area contributed by atoms with Gasteiger partial charge in [-0.25, -0.2) is 4.98 Å². The van der Waals surface area contributed by atoms with Gasteiger partial charge in [0.25, 0.3) is 0 Å². The fourth-order valence-corrected chi connectivity index (χ4v) is 2.78. The minimum atomic E-state index is 0.498. The highest BCUT2D eigenvalue weighted by molar-refractivity contribution is 7.11. The van der Waals surface area contributed by atoms with E-state index in [1.54, 1.807) is 7.11 Å². The maximum absolute atomic E-state index is 5.03. The molecule has 17 heavy (non-hydrogen) atoms. The summed E-state index contributed by atoms with van der Waals surface area (Å²) in [6.07, 6.45) is 0. The molecule has 1 rings (SSSR count). The molecule has 1 heterocycles. The van der Waals surface area contributed by atoms with Crippen LogP contribution in [-0.4, -0.2) is 25.2 Å². The lowest BCUT2D eigenvalue weighted by molar-refractivity contribution is 0.199. The smallest absolute Gasteiger partial charge is 0.0957 e. The van der Waals surface area contributed by atoms with Gasteiger partial charge in [0.15, 0.2) is 0 Å². The molecular formula is C13H24N2OS. The molecule has 0 fully saturated rings. The highest BCUT2D eigenvalue weighted by atomic mass is 32.1. The Labute approximate surface area is 109 Å². The summed E-state index contributed by atoms with van der Waals surface area (Å²) in [5, 5.41) is 4.64. The first-order valence-electron chi connectivity index (χ1n) is 6.25. The molecule has 0 amide bonds. The van der Waals surface area contributed by atoms with E-state index in [0.29, 0.717) is 11.8 Å². The molecule has 3 nitrogen and oxygen atoms in total. The molecule has 0 aliphatic rings. The number of methoxy groups -OCH3 is 1. The molecule has 0 unspecified atom stereocenters. The molecule has 1 N–H and O–H groups in total. The third-order valence-electron chi connectivity index (χ3n) is 2.55. The second kappa shape index (κ2) is 7.09. The van der Waals surface area contributed by atoms with Gasteiger partial charge in [-0.05, 0) is 5.92 Å². The Morgan fingerprint density at radius 1 is 1.24 bits per heavy atom. The molecule has 0 bridgehead atoms. The van der Waals surface area contributed by atoms with E-state index >= 15 is 0 Å². The topological polar surface area (TPSA) is 34.1 Å². The van der Waals surface area contributed by atoms with Crippen molar-refractivity contribution in [2.45, 2.75) is 46.1 Å². The van der Waals surface area contributed by atoms with Gasteiger partial charge in [0.1, 0.15) is 0 Å². The Bertz CT molecular complexity index is 334. The van der Waals surface area contributed by atoms with Crippen LogP contribution in [0.3, 0.4) is 0 Å². The van der Waals surface area contributed by atoms with Gasteiger partial charge in [0, 0.05) is 31.0 Å². The van der Waals surface area contributed by atoms with Gasteiger partial charge in [0.2, 0.25) is 0 Å². The third-order valence-corrected chi connectivity index (χ3v) is 3.93. The zero-order chi connectivity index (χ0) is 12.8. The third kappa shape index (κ3) is 4.37. The number of nitrogens with one attached hydrogen (secondary N) is 1. The first-order valence-corrected chi connectivity index (χ1v) is 7.07. The van der Waals surface area contributed by atoms with Crippen molar-refractivity contribution in [1.29, 1.82) is 0 Å². The van der Waals surface area contributed by atoms with E-state index in [1.807, 2.05) is 11.3 Å². The van der Waals surface area contributed by atoms with Crippen molar-refractivity contribution in [1.82, 2.24) is 10.3 Å². The predicted octanol–water partition coefficient (Wildman–Crippen LogP) is 3.13. The van der Waals surface area contributed by atoms with Crippen LogP contribution in [0.15, 0.2) is 0 Å². The lowest BCUT2D eigenvalue weighted by atomic mass is 10.1. The highest BCUT2D eigenvalue weighted by Crippen LogP contribution is 2.29. The van der Waals surface area contributed by atoms with E-state index in [4.69, 9.17) is 9.72 Å². The van der Waals surface area contributed by atoms with Crippen molar-refractivity contribution in [3.63, 3.8) is 0 Å². The first kappa shape index (κ1) is 14.6. The maximum Gasteiger partial charge on any atom is 0.0957 e. The standard InChI is InChI=1S/C13H24N2OS/c1-9(2)12-11(8-14-6-7-16-5)17-13(15-12)10(3)4/h9-10,14H,6-8H2,1-5H3. The molecule has 4 heteroatoms. The van der Waals surface area contributed by atoms with Crippen molar-refractivity contribution in [2.75, 3.05) is 20.3 Å². The van der Waals surface area contributed by atoms with Crippen molar-refractivity contribution in [2.24, 2.45) is 0 Å². The second-order valence-corrected chi connectivity index (χ2v) is 5.95. The lowest BCUT2D eigenvalue weighted by Gasteiger charge is -2.06. The summed E-state index contributed by atoms with van der Waals surface area (Å²) in [7, 11) is 1.73. The summed E-state index contributed by atoms with van der Waals surface area (Å²) >= 11 is 1.84. The molecule has 0 aliphatic heterocycles. The van der Waals surface area contributed by atoms with E-state index in [0.717, 1.165) is 19.7 Å². The van der Waals surface area contributed by atoms with E-state index in [-0.39, 0.29) is 0 Å². The Morgan fingerprint density at radius 2 is 1.94 bits per heavy atom. The van der Waals surface area contributed by atoms with Crippen LogP contribution in [0.25, 0.3) is 0 Å². The van der Waals surface area contributed by atoms with Crippen LogP contribution in [0.2, 0.25) is 0 Å². The number of nitrogens with zero attached hydrogens (tertiary/aromatic N) is 1. The minimum Gasteiger partial charge on any atom is -0.383 e. The zero-order valence-corrected chi connectivity index (χ0v) is 12.4. The van der Waals surface area contributed by atoms with Crippen LogP contribution in [0.5, 0.6) is 0 Å². The Morgan fingerprint density at radius 3 is 2.47 bits per heavy atom. The monoisotopic (exact) mass is 256 g/mol. The van der Waals surface area contributed by atoms with Gasteiger partial charge in [-0.1, -0.05) is 27.7 Å². The Balaban J connectivity index is 2.68. The number of rotatable bonds is 7. The molecular weight excluding hydrogens is 232 g/mol. The van der Waals surface area contributed by atoms with E-state index in [1.165, 1.54) is 15.6 Å². The van der Waals surface area contributed by atoms with Gasteiger partial charge in [-0.2, -0.15) is 0 Å². The summed E-state index contributed by atoms with van der Waals surface area (Å²) in [4.78, 5) is 6.13. The number of hydrogen-bond donors (Lipinski definition) is 1. The molecule has 0 atom stereocenters. The van der Waals surface area contributed by atoms with Gasteiger partial charge in [-0.15, -0.1) is 11.3 Å². The van der Waals surface area contributed by atoms with Gasteiger partial charge in [-0.3, -0.25) is 0 Å². The molecule has 0 saturated carbocycles. The largest absolute Gasteiger partial charge is 0.383 e. The summed E-state index contributed by atoms with van der Waals surface area (Å²) in [6, 6.07) is 0. The van der Waals surface area contributed by atoms with Crippen LogP contribution in [0.4, 0.5) is 0 Å². The number of thiazole rings is 1. The van der Waals surface area contributed by atoms with Crippen LogP contribution in [0.1, 0.15) is 55.1 Å². The fourth-order valence-electron chi connectivity index (χ4n) is 1.58. The molecule has 0 aromatic carbocycles. The molecule has 0 spiro atoms. The van der Waals surface area contributed by atoms with Gasteiger partial charge >= 0.3 is 0 Å². The molecule has 0 radical (unpaired) electrons. The quantitative estimate of drug-likeness (QED) is 0.761. The van der Waals surface area contributed by atoms with Crippen molar-refractivity contribution in [3.8, 4) is 0 Å². The maximum atomic E-state index is 5.03. The fraction of sp³-hybridized carbons (Fsp3) is 0.769. The molecule has 1 aromatic rings. The van der Waals surface area contributed by atoms with Crippen LogP contribution in [0, 0.1) is 0 Å². The lowest BCUT2D eigenvalue weighted by Crippen LogP contribution is -2.18. The number of ether oxygens (including phenoxy) is 1. The first-order chi connectivity index (χ1) is 8.06. The summed E-state index contributed by atoms with van der Waals surface area (Å²) in [6.45, 7) is 11.4. The molecule has 0 saturated heterocycles. The summed E-state index contributed by atoms with van der Waals surface area (Å²) < 4.78 is 5.03. The average molecular weight is 256 g/mol. The predicted molar refractivity (Wildman–Crippen MR) is 73.9 cm³/mol. The summed E-state index contributed by atoms with van der Waals surface area (Å²) in [5.74, 6) is 1.02. The normalized spacial score (nSPS) is 11.7. The van der Waals surface area contributed by atoms with Gasteiger partial charge in [0.05, 0.1) is 17.3 Å². The molecule has 0 aliphatic carbocycles. The summed E-state index contributed by atoms with van der Waals surface area (Å²) in [5.41, 5.74) is 1.25. The SMILES string of the molecule is COCCNCc1sc(C(C)C)nc1C(C)C. The van der Waals surface area contributed by atoms with Crippen molar-refractivity contribution in [3.05, 3.63) is 15.6 Å². The second-order valence-electron chi connectivity index (χ2n) is 4.84. The van der Waals surface area contributed by atoms with Crippen LogP contribution >= 0.6 is 11.3 Å². The Hall–Kier alpha value is -0.450. The van der Waals surface area contributed by atoms with Crippen LogP contribution in [-0.2, 0) is 11.3 Å².